The van der Waals surface area contributed by atoms with Gasteiger partial charge in [-0.15, -0.1) is 0 Å². The number of rotatable bonds is 5. The number of benzene rings is 1. The molecule has 0 aliphatic rings. The molecule has 0 bridgehead atoms. The van der Waals surface area contributed by atoms with Crippen LogP contribution in [0.25, 0.3) is 0 Å². The molecule has 3 nitrogen and oxygen atoms in total. The summed E-state index contributed by atoms with van der Waals surface area (Å²) in [5.41, 5.74) is 8.16. The Labute approximate surface area is 102 Å². The lowest BCUT2D eigenvalue weighted by Crippen LogP contribution is -1.94. The first kappa shape index (κ1) is 11.7. The lowest BCUT2D eigenvalue weighted by Gasteiger charge is -2.00. The molecule has 2 N–H and O–H groups in total. The molecule has 0 fully saturated rings. The number of hydrogen-bond acceptors (Lipinski definition) is 3. The second-order valence-corrected chi connectivity index (χ2v) is 4.16. The topological polar surface area (TPSA) is 52.0 Å². The average Bonchev–Trinajstić information content (AvgIpc) is 2.71. The van der Waals surface area contributed by atoms with Crippen LogP contribution in [-0.2, 0) is 19.3 Å². The van der Waals surface area contributed by atoms with Crippen LogP contribution in [0.2, 0.25) is 0 Å². The average molecular weight is 230 g/mol. The van der Waals surface area contributed by atoms with Crippen LogP contribution in [0.5, 0.6) is 0 Å². The highest BCUT2D eigenvalue weighted by Gasteiger charge is 2.11. The summed E-state index contributed by atoms with van der Waals surface area (Å²) in [4.78, 5) is 0. The molecule has 0 radical (unpaired) electrons. The van der Waals surface area contributed by atoms with E-state index >= 15 is 0 Å². The maximum absolute atomic E-state index is 5.73. The summed E-state index contributed by atoms with van der Waals surface area (Å²) in [7, 11) is 0. The molecular formula is C14H18N2O. The minimum atomic E-state index is 0.544. The van der Waals surface area contributed by atoms with Crippen molar-refractivity contribution in [1.29, 1.82) is 0 Å². The molecule has 0 aliphatic carbocycles. The van der Waals surface area contributed by atoms with E-state index in [0.717, 1.165) is 37.0 Å². The minimum absolute atomic E-state index is 0.544. The predicted octanol–water partition coefficient (Wildman–Crippen LogP) is 2.99. The van der Waals surface area contributed by atoms with Crippen molar-refractivity contribution < 1.29 is 4.52 Å². The summed E-state index contributed by atoms with van der Waals surface area (Å²) in [6, 6.07) is 10.5. The molecule has 0 amide bonds. The normalized spacial score (nSPS) is 10.6. The Balaban J connectivity index is 1.90. The van der Waals surface area contributed by atoms with E-state index in [1.165, 1.54) is 5.56 Å². The third-order valence-electron chi connectivity index (χ3n) is 2.97. The van der Waals surface area contributed by atoms with Crippen LogP contribution in [-0.4, -0.2) is 5.16 Å². The summed E-state index contributed by atoms with van der Waals surface area (Å²) in [5.74, 6) is 1.49. The van der Waals surface area contributed by atoms with E-state index in [9.17, 15) is 0 Å². The summed E-state index contributed by atoms with van der Waals surface area (Å²) in [5, 5.41) is 3.82. The monoisotopic (exact) mass is 230 g/mol. The minimum Gasteiger partial charge on any atom is -0.381 e. The van der Waals surface area contributed by atoms with Gasteiger partial charge in [-0.25, -0.2) is 0 Å². The van der Waals surface area contributed by atoms with Crippen LogP contribution in [0.15, 0.2) is 34.9 Å². The number of nitrogens with zero attached hydrogens (tertiary/aromatic N) is 1. The Morgan fingerprint density at radius 2 is 1.94 bits per heavy atom. The fourth-order valence-corrected chi connectivity index (χ4v) is 2.03. The lowest BCUT2D eigenvalue weighted by atomic mass is 10.0. The van der Waals surface area contributed by atoms with Gasteiger partial charge in [0, 0.05) is 12.0 Å². The molecule has 2 rings (SSSR count). The van der Waals surface area contributed by atoms with E-state index in [0.29, 0.717) is 5.82 Å². The summed E-state index contributed by atoms with van der Waals surface area (Å²) < 4.78 is 5.25. The molecular weight excluding hydrogens is 212 g/mol. The van der Waals surface area contributed by atoms with Gasteiger partial charge >= 0.3 is 0 Å². The second kappa shape index (κ2) is 5.53. The van der Waals surface area contributed by atoms with Crippen LogP contribution in [0.3, 0.4) is 0 Å². The van der Waals surface area contributed by atoms with Gasteiger partial charge < -0.3 is 10.3 Å². The Bertz CT molecular complexity index is 462. The van der Waals surface area contributed by atoms with Crippen molar-refractivity contribution in [2.45, 2.75) is 32.6 Å². The van der Waals surface area contributed by atoms with Gasteiger partial charge in [-0.1, -0.05) is 42.4 Å². The molecule has 0 unspecified atom stereocenters. The number of aryl methyl sites for hydroxylation is 2. The zero-order valence-corrected chi connectivity index (χ0v) is 10.1. The van der Waals surface area contributed by atoms with E-state index in [2.05, 4.69) is 36.3 Å². The van der Waals surface area contributed by atoms with E-state index < -0.39 is 0 Å². The first-order valence-corrected chi connectivity index (χ1v) is 6.08. The molecule has 90 valence electrons. The molecule has 3 heteroatoms. The highest BCUT2D eigenvalue weighted by molar-refractivity contribution is 5.40. The molecule has 17 heavy (non-hydrogen) atoms. The molecule has 1 heterocycles. The lowest BCUT2D eigenvalue weighted by molar-refractivity contribution is 0.381. The fourth-order valence-electron chi connectivity index (χ4n) is 2.03. The van der Waals surface area contributed by atoms with E-state index in [1.807, 2.05) is 6.07 Å². The maximum atomic E-state index is 5.73. The van der Waals surface area contributed by atoms with Gasteiger partial charge in [-0.2, -0.15) is 0 Å². The zero-order valence-electron chi connectivity index (χ0n) is 10.1. The quantitative estimate of drug-likeness (QED) is 0.859. The van der Waals surface area contributed by atoms with Crippen molar-refractivity contribution in [3.8, 4) is 0 Å². The Morgan fingerprint density at radius 1 is 1.18 bits per heavy atom. The van der Waals surface area contributed by atoms with Gasteiger partial charge in [-0.3, -0.25) is 0 Å². The Morgan fingerprint density at radius 3 is 2.65 bits per heavy atom. The van der Waals surface area contributed by atoms with E-state index in [1.54, 1.807) is 0 Å². The first-order chi connectivity index (χ1) is 8.31. The number of nitrogen functional groups attached to an aromatic ring is 1. The molecule has 1 aromatic heterocycles. The van der Waals surface area contributed by atoms with E-state index in [4.69, 9.17) is 10.3 Å². The smallest absolute Gasteiger partial charge is 0.170 e. The van der Waals surface area contributed by atoms with Crippen molar-refractivity contribution >= 4 is 5.82 Å². The molecule has 0 aliphatic heterocycles. The van der Waals surface area contributed by atoms with Crippen molar-refractivity contribution in [3.05, 3.63) is 47.2 Å². The van der Waals surface area contributed by atoms with Crippen LogP contribution < -0.4 is 5.73 Å². The van der Waals surface area contributed by atoms with Crippen molar-refractivity contribution in [1.82, 2.24) is 5.16 Å². The van der Waals surface area contributed by atoms with Gasteiger partial charge in [0.1, 0.15) is 5.76 Å². The van der Waals surface area contributed by atoms with Crippen LogP contribution in [0, 0.1) is 0 Å². The van der Waals surface area contributed by atoms with Gasteiger partial charge in [0.05, 0.1) is 0 Å². The highest BCUT2D eigenvalue weighted by atomic mass is 16.5. The van der Waals surface area contributed by atoms with Crippen LogP contribution in [0.1, 0.15) is 30.2 Å². The third-order valence-corrected chi connectivity index (χ3v) is 2.97. The molecule has 0 saturated carbocycles. The van der Waals surface area contributed by atoms with Crippen molar-refractivity contribution in [2.24, 2.45) is 0 Å². The molecule has 2 aromatic rings. The number of aromatic nitrogens is 1. The van der Waals surface area contributed by atoms with Crippen molar-refractivity contribution in [3.63, 3.8) is 0 Å². The standard InChI is InChI=1S/C14H18N2O/c1-2-12-13(17-16-14(12)15)10-6-9-11-7-4-3-5-8-11/h3-5,7-8H,2,6,9-10H2,1H3,(H2,15,16). The van der Waals surface area contributed by atoms with Gasteiger partial charge in [0.15, 0.2) is 5.82 Å². The zero-order chi connectivity index (χ0) is 12.1. The first-order valence-electron chi connectivity index (χ1n) is 6.08. The van der Waals surface area contributed by atoms with Gasteiger partial charge in [0.2, 0.25) is 0 Å². The maximum Gasteiger partial charge on any atom is 0.170 e. The largest absolute Gasteiger partial charge is 0.381 e. The Hall–Kier alpha value is -1.77. The second-order valence-electron chi connectivity index (χ2n) is 4.16. The SMILES string of the molecule is CCc1c(N)noc1CCCc1ccccc1. The summed E-state index contributed by atoms with van der Waals surface area (Å²) in [6.45, 7) is 2.07. The summed E-state index contributed by atoms with van der Waals surface area (Å²) in [6.07, 6.45) is 3.91. The molecule has 0 saturated heterocycles. The molecule has 0 atom stereocenters. The highest BCUT2D eigenvalue weighted by Crippen LogP contribution is 2.19. The fraction of sp³-hybridized carbons (Fsp3) is 0.357. The van der Waals surface area contributed by atoms with E-state index in [-0.39, 0.29) is 0 Å². The van der Waals surface area contributed by atoms with Crippen molar-refractivity contribution in [2.75, 3.05) is 5.73 Å². The Kier molecular flexibility index (Phi) is 3.81. The third kappa shape index (κ3) is 2.87. The molecule has 0 spiro atoms. The van der Waals surface area contributed by atoms with Crippen LogP contribution >= 0.6 is 0 Å². The molecule has 1 aromatic carbocycles. The van der Waals surface area contributed by atoms with Crippen LogP contribution in [0.4, 0.5) is 5.82 Å². The summed E-state index contributed by atoms with van der Waals surface area (Å²) >= 11 is 0. The number of hydrogen-bond donors (Lipinski definition) is 1. The number of anilines is 1. The van der Waals surface area contributed by atoms with Gasteiger partial charge in [0.25, 0.3) is 0 Å². The van der Waals surface area contributed by atoms with Gasteiger partial charge in [-0.05, 0) is 24.8 Å². The predicted molar refractivity (Wildman–Crippen MR) is 68.8 cm³/mol. The number of nitrogens with two attached hydrogens (primary N) is 1.